The van der Waals surface area contributed by atoms with Gasteiger partial charge in [0.1, 0.15) is 25.3 Å². The molecule has 2 heterocycles. The Balaban J connectivity index is 1.04. The van der Waals surface area contributed by atoms with E-state index in [1.807, 2.05) is 12.1 Å². The SMILES string of the molecule is O=C(/C=C/c1cnc[nH]1)N[C@@H](CCCCNC(=O)OCc1ccccc1Cl)C(=O)NCCCOCCCCOCCCNC(=O)[C@H](CCCCNC(=O)OCc1ccccc1Cl)NC(=O)/C=C/c1cnc[nH]1. The highest BCUT2D eigenvalue weighted by Gasteiger charge is 2.21. The maximum atomic E-state index is 13.1. The van der Waals surface area contributed by atoms with Crippen LogP contribution in [0.2, 0.25) is 10.0 Å². The maximum absolute atomic E-state index is 13.1. The Morgan fingerprint density at radius 1 is 0.528 bits per heavy atom. The van der Waals surface area contributed by atoms with Gasteiger partial charge in [-0.15, -0.1) is 0 Å². The normalized spacial score (nSPS) is 12.0. The van der Waals surface area contributed by atoms with Gasteiger partial charge >= 0.3 is 12.2 Å². The fourth-order valence-corrected chi connectivity index (χ4v) is 6.98. The summed E-state index contributed by atoms with van der Waals surface area (Å²) in [5, 5.41) is 17.7. The Morgan fingerprint density at radius 2 is 0.931 bits per heavy atom. The van der Waals surface area contributed by atoms with E-state index in [0.717, 1.165) is 12.8 Å². The van der Waals surface area contributed by atoms with E-state index in [9.17, 15) is 28.8 Å². The first-order valence-corrected chi connectivity index (χ1v) is 24.8. The van der Waals surface area contributed by atoms with Crippen molar-refractivity contribution in [3.8, 4) is 0 Å². The number of aromatic nitrogens is 4. The summed E-state index contributed by atoms with van der Waals surface area (Å²) in [5.41, 5.74) is 2.67. The minimum atomic E-state index is -0.795. The first-order chi connectivity index (χ1) is 35.1. The summed E-state index contributed by atoms with van der Waals surface area (Å²) < 4.78 is 22.0. The number of amides is 6. The number of ether oxygens (including phenoxy) is 4. The van der Waals surface area contributed by atoms with E-state index in [1.165, 1.54) is 24.8 Å². The molecule has 0 fully saturated rings. The molecule has 72 heavy (non-hydrogen) atoms. The van der Waals surface area contributed by atoms with Crippen molar-refractivity contribution in [1.29, 1.82) is 0 Å². The van der Waals surface area contributed by atoms with Crippen LogP contribution in [0, 0.1) is 0 Å². The largest absolute Gasteiger partial charge is 0.445 e. The second kappa shape index (κ2) is 35.4. The van der Waals surface area contributed by atoms with E-state index in [0.29, 0.717) is 137 Å². The van der Waals surface area contributed by atoms with Crippen LogP contribution in [-0.4, -0.2) is 120 Å². The number of aromatic amines is 2. The second-order valence-corrected chi connectivity index (χ2v) is 17.0. The highest BCUT2D eigenvalue weighted by Crippen LogP contribution is 2.17. The molecule has 0 aliphatic heterocycles. The van der Waals surface area contributed by atoms with Gasteiger partial charge in [0, 0.05) is 85.9 Å². The Bertz CT molecular complexity index is 2120. The lowest BCUT2D eigenvalue weighted by Gasteiger charge is -2.18. The van der Waals surface area contributed by atoms with Crippen LogP contribution in [-0.2, 0) is 51.3 Å². The molecular weight excluding hydrogens is 972 g/mol. The molecule has 0 spiro atoms. The molecule has 2 aromatic heterocycles. The van der Waals surface area contributed by atoms with Gasteiger partial charge in [-0.1, -0.05) is 59.6 Å². The summed E-state index contributed by atoms with van der Waals surface area (Å²) in [7, 11) is 0. The quantitative estimate of drug-likeness (QED) is 0.0190. The number of halogens is 2. The number of H-pyrrole nitrogens is 2. The number of imidazole rings is 2. The van der Waals surface area contributed by atoms with Crippen LogP contribution in [0.25, 0.3) is 12.2 Å². The number of nitrogens with zero attached hydrogens (tertiary/aromatic N) is 2. The van der Waals surface area contributed by atoms with Crippen LogP contribution in [0.3, 0.4) is 0 Å². The molecule has 6 amide bonds. The standard InChI is InChI=1S/C50H66Cl2N10O10/c51-41-15-3-1-13-37(41)33-71-49(67)57-23-7-5-17-43(61-45(63)21-19-39-31-53-35-59-39)47(65)55-25-11-29-69-27-9-10-28-70-30-12-26-56-48(66)44(62-46(64)22-20-40-32-54-36-60-40)18-6-8-24-58-50(68)72-34-38-14-2-4-16-42(38)52/h1-4,13-16,19-22,31-32,35-36,43-44H,5-12,17-18,23-30,33-34H2,(H,53,59)(H,54,60)(H,55,65)(H,56,66)(H,57,67)(H,58,68)(H,61,63)(H,62,64)/b21-19+,22-20+/t43-,44-/m0/s1. The smallest absolute Gasteiger partial charge is 0.407 e. The third-order valence-corrected chi connectivity index (χ3v) is 11.2. The molecule has 0 bridgehead atoms. The molecule has 0 unspecified atom stereocenters. The lowest BCUT2D eigenvalue weighted by Crippen LogP contribution is -2.46. The first-order valence-electron chi connectivity index (χ1n) is 24.0. The van der Waals surface area contributed by atoms with E-state index in [2.05, 4.69) is 51.8 Å². The Morgan fingerprint density at radius 3 is 1.33 bits per heavy atom. The van der Waals surface area contributed by atoms with Crippen LogP contribution in [0.1, 0.15) is 86.7 Å². The van der Waals surface area contributed by atoms with E-state index < -0.39 is 36.1 Å². The Hall–Kier alpha value is -6.74. The maximum Gasteiger partial charge on any atom is 0.407 e. The molecule has 390 valence electrons. The number of benzene rings is 2. The summed E-state index contributed by atoms with van der Waals surface area (Å²) in [6, 6.07) is 12.6. The number of unbranched alkanes of at least 4 members (excludes halogenated alkanes) is 3. The van der Waals surface area contributed by atoms with E-state index in [4.69, 9.17) is 42.1 Å². The summed E-state index contributed by atoms with van der Waals surface area (Å²) in [6.45, 7) is 3.33. The zero-order valence-corrected chi connectivity index (χ0v) is 41.8. The predicted molar refractivity (Wildman–Crippen MR) is 272 cm³/mol. The van der Waals surface area contributed by atoms with Crippen molar-refractivity contribution >= 4 is 71.2 Å². The number of carbonyl (C=O) groups is 6. The highest BCUT2D eigenvalue weighted by molar-refractivity contribution is 6.31. The Labute approximate surface area is 429 Å². The van der Waals surface area contributed by atoms with Gasteiger partial charge < -0.3 is 60.8 Å². The van der Waals surface area contributed by atoms with Crippen molar-refractivity contribution in [3.63, 3.8) is 0 Å². The zero-order chi connectivity index (χ0) is 51.4. The predicted octanol–water partition coefficient (Wildman–Crippen LogP) is 6.16. The molecule has 8 N–H and O–H groups in total. The molecule has 0 aliphatic rings. The first kappa shape index (κ1) is 57.8. The van der Waals surface area contributed by atoms with Crippen molar-refractivity contribution in [3.05, 3.63) is 118 Å². The molecule has 4 rings (SSSR count). The van der Waals surface area contributed by atoms with Gasteiger partial charge in [-0.3, -0.25) is 19.2 Å². The summed E-state index contributed by atoms with van der Waals surface area (Å²) in [6.07, 6.45) is 16.3. The highest BCUT2D eigenvalue weighted by atomic mass is 35.5. The average Bonchev–Trinajstić information content (AvgIpc) is 4.12. The van der Waals surface area contributed by atoms with E-state index >= 15 is 0 Å². The molecule has 0 radical (unpaired) electrons. The fraction of sp³-hybridized carbons (Fsp3) is 0.440. The number of alkyl carbamates (subject to hydrolysis) is 2. The number of hydrogen-bond donors (Lipinski definition) is 8. The van der Waals surface area contributed by atoms with Crippen molar-refractivity contribution < 1.29 is 47.7 Å². The van der Waals surface area contributed by atoms with Crippen molar-refractivity contribution in [2.75, 3.05) is 52.6 Å². The molecule has 2 aromatic carbocycles. The summed E-state index contributed by atoms with van der Waals surface area (Å²) in [4.78, 5) is 89.6. The lowest BCUT2D eigenvalue weighted by molar-refractivity contribution is -0.127. The monoisotopic (exact) mass is 1040 g/mol. The van der Waals surface area contributed by atoms with Crippen LogP contribution in [0.5, 0.6) is 0 Å². The van der Waals surface area contributed by atoms with Gasteiger partial charge in [0.05, 0.1) is 36.4 Å². The van der Waals surface area contributed by atoms with E-state index in [-0.39, 0.29) is 25.0 Å². The molecule has 0 saturated heterocycles. The van der Waals surface area contributed by atoms with Crippen LogP contribution < -0.4 is 31.9 Å². The van der Waals surface area contributed by atoms with Crippen LogP contribution in [0.4, 0.5) is 9.59 Å². The van der Waals surface area contributed by atoms with Gasteiger partial charge in [-0.25, -0.2) is 19.6 Å². The van der Waals surface area contributed by atoms with Crippen molar-refractivity contribution in [2.24, 2.45) is 0 Å². The molecule has 22 heteroatoms. The third-order valence-electron chi connectivity index (χ3n) is 10.5. The molecule has 0 aliphatic carbocycles. The van der Waals surface area contributed by atoms with Crippen molar-refractivity contribution in [1.82, 2.24) is 51.8 Å². The average molecular weight is 1040 g/mol. The number of hydrogen-bond acceptors (Lipinski definition) is 12. The number of rotatable bonds is 35. The molecule has 0 saturated carbocycles. The summed E-state index contributed by atoms with van der Waals surface area (Å²) >= 11 is 12.2. The van der Waals surface area contributed by atoms with Gasteiger partial charge in [0.15, 0.2) is 0 Å². The minimum absolute atomic E-state index is 0.0409. The van der Waals surface area contributed by atoms with Gasteiger partial charge in [0.25, 0.3) is 0 Å². The second-order valence-electron chi connectivity index (χ2n) is 16.2. The van der Waals surface area contributed by atoms with E-state index in [1.54, 1.807) is 60.9 Å². The minimum Gasteiger partial charge on any atom is -0.445 e. The van der Waals surface area contributed by atoms with Gasteiger partial charge in [-0.2, -0.15) is 0 Å². The van der Waals surface area contributed by atoms with Crippen LogP contribution >= 0.6 is 23.2 Å². The molecule has 2 atom stereocenters. The molecular formula is C50H66Cl2N10O10. The lowest BCUT2D eigenvalue weighted by atomic mass is 10.1. The fourth-order valence-electron chi connectivity index (χ4n) is 6.60. The summed E-state index contributed by atoms with van der Waals surface area (Å²) in [5.74, 6) is -1.52. The van der Waals surface area contributed by atoms with Gasteiger partial charge in [-0.05, 0) is 88.5 Å². The zero-order valence-electron chi connectivity index (χ0n) is 40.3. The van der Waals surface area contributed by atoms with Gasteiger partial charge in [0.2, 0.25) is 23.6 Å². The molecule has 4 aromatic rings. The van der Waals surface area contributed by atoms with Crippen molar-refractivity contribution in [2.45, 2.75) is 89.5 Å². The van der Waals surface area contributed by atoms with Crippen LogP contribution in [0.15, 0.2) is 85.7 Å². The number of carbonyl (C=O) groups excluding carboxylic acids is 6. The molecule has 20 nitrogen and oxygen atoms in total. The Kier molecular flexibility index (Phi) is 28.4. The number of nitrogens with one attached hydrogen (secondary N) is 8. The third kappa shape index (κ3) is 25.4. The topological polar surface area (TPSA) is 269 Å².